The minimum atomic E-state index is -0.127. The molecule has 0 fully saturated rings. The fraction of sp³-hybridized carbons (Fsp3) is 0.133. The van der Waals surface area contributed by atoms with Crippen molar-refractivity contribution in [3.05, 3.63) is 59.4 Å². The lowest BCUT2D eigenvalue weighted by Gasteiger charge is -2.02. The number of aliphatic hydroxyl groups is 1. The van der Waals surface area contributed by atoms with E-state index in [9.17, 15) is 0 Å². The summed E-state index contributed by atoms with van der Waals surface area (Å²) in [5.74, 6) is 1.61. The van der Waals surface area contributed by atoms with Crippen LogP contribution in [0.3, 0.4) is 0 Å². The molecule has 0 spiro atoms. The van der Waals surface area contributed by atoms with Crippen LogP contribution < -0.4 is 5.73 Å². The molecular weight excluding hydrogens is 254 g/mol. The Morgan fingerprint density at radius 2 is 1.95 bits per heavy atom. The average Bonchev–Trinajstić information content (AvgIpc) is 3.08. The number of aromatic amines is 1. The highest BCUT2D eigenvalue weighted by molar-refractivity contribution is 5.64. The van der Waals surface area contributed by atoms with E-state index in [1.54, 1.807) is 12.1 Å². The van der Waals surface area contributed by atoms with Gasteiger partial charge in [-0.25, -0.2) is 0 Å². The van der Waals surface area contributed by atoms with Gasteiger partial charge in [-0.2, -0.15) is 5.10 Å². The Labute approximate surface area is 116 Å². The molecule has 0 saturated heterocycles. The van der Waals surface area contributed by atoms with Crippen molar-refractivity contribution < 1.29 is 9.52 Å². The predicted molar refractivity (Wildman–Crippen MR) is 75.9 cm³/mol. The highest BCUT2D eigenvalue weighted by atomic mass is 16.4. The molecule has 0 unspecified atom stereocenters. The number of aliphatic hydroxyl groups excluding tert-OH is 1. The molecular formula is C15H15N3O2. The van der Waals surface area contributed by atoms with Gasteiger partial charge in [0.1, 0.15) is 23.9 Å². The smallest absolute Gasteiger partial charge is 0.152 e. The van der Waals surface area contributed by atoms with Crippen molar-refractivity contribution >= 4 is 5.82 Å². The average molecular weight is 269 g/mol. The van der Waals surface area contributed by atoms with E-state index < -0.39 is 0 Å². The zero-order valence-corrected chi connectivity index (χ0v) is 10.8. The first-order chi connectivity index (χ1) is 9.78. The molecule has 5 heteroatoms. The quantitative estimate of drug-likeness (QED) is 0.678. The van der Waals surface area contributed by atoms with Crippen LogP contribution in [0.1, 0.15) is 16.9 Å². The monoisotopic (exact) mass is 269 g/mol. The van der Waals surface area contributed by atoms with Crippen LogP contribution in [0.5, 0.6) is 0 Å². The summed E-state index contributed by atoms with van der Waals surface area (Å²) in [6.45, 7) is -0.127. The summed E-state index contributed by atoms with van der Waals surface area (Å²) >= 11 is 0. The molecule has 3 rings (SSSR count). The third-order valence-corrected chi connectivity index (χ3v) is 3.19. The van der Waals surface area contributed by atoms with Crippen LogP contribution in [0.2, 0.25) is 0 Å². The number of H-pyrrole nitrogens is 1. The topological polar surface area (TPSA) is 88.1 Å². The van der Waals surface area contributed by atoms with Gasteiger partial charge in [0.15, 0.2) is 5.76 Å². The first kappa shape index (κ1) is 12.5. The van der Waals surface area contributed by atoms with Gasteiger partial charge in [0.25, 0.3) is 0 Å². The molecule has 0 bridgehead atoms. The highest BCUT2D eigenvalue weighted by Gasteiger charge is 2.16. The number of hydrogen-bond acceptors (Lipinski definition) is 4. The van der Waals surface area contributed by atoms with Gasteiger partial charge in [-0.05, 0) is 17.7 Å². The third kappa shape index (κ3) is 2.31. The molecule has 0 aliphatic heterocycles. The minimum absolute atomic E-state index is 0.127. The van der Waals surface area contributed by atoms with Crippen molar-refractivity contribution in [1.82, 2.24) is 10.2 Å². The Balaban J connectivity index is 1.97. The number of nitrogens with one attached hydrogen (secondary N) is 1. The Hall–Kier alpha value is -2.53. The maximum absolute atomic E-state index is 9.06. The zero-order chi connectivity index (χ0) is 13.9. The van der Waals surface area contributed by atoms with Gasteiger partial charge in [-0.3, -0.25) is 5.10 Å². The fourth-order valence-electron chi connectivity index (χ4n) is 2.16. The van der Waals surface area contributed by atoms with Gasteiger partial charge in [0, 0.05) is 12.0 Å². The molecule has 0 amide bonds. The highest BCUT2D eigenvalue weighted by Crippen LogP contribution is 2.29. The summed E-state index contributed by atoms with van der Waals surface area (Å²) in [5.41, 5.74) is 8.74. The molecule has 2 heterocycles. The number of nitrogen functional groups attached to an aromatic ring is 1. The van der Waals surface area contributed by atoms with E-state index in [4.69, 9.17) is 15.3 Å². The summed E-state index contributed by atoms with van der Waals surface area (Å²) in [5, 5.41) is 16.0. The van der Waals surface area contributed by atoms with Crippen LogP contribution in [0.25, 0.3) is 11.5 Å². The molecule has 4 N–H and O–H groups in total. The number of rotatable bonds is 4. The second-order valence-corrected chi connectivity index (χ2v) is 4.55. The maximum Gasteiger partial charge on any atom is 0.152 e. The minimum Gasteiger partial charge on any atom is -0.457 e. The molecule has 0 radical (unpaired) electrons. The lowest BCUT2D eigenvalue weighted by molar-refractivity contribution is 0.248. The van der Waals surface area contributed by atoms with Gasteiger partial charge in [-0.15, -0.1) is 0 Å². The molecule has 5 nitrogen and oxygen atoms in total. The van der Waals surface area contributed by atoms with Gasteiger partial charge in [0.2, 0.25) is 0 Å². The molecule has 0 atom stereocenters. The van der Waals surface area contributed by atoms with Crippen molar-refractivity contribution in [3.8, 4) is 11.5 Å². The molecule has 0 aliphatic carbocycles. The number of anilines is 1. The van der Waals surface area contributed by atoms with E-state index in [0.29, 0.717) is 23.8 Å². The van der Waals surface area contributed by atoms with E-state index in [-0.39, 0.29) is 6.61 Å². The van der Waals surface area contributed by atoms with E-state index in [0.717, 1.165) is 16.8 Å². The van der Waals surface area contributed by atoms with E-state index in [1.165, 1.54) is 0 Å². The fourth-order valence-corrected chi connectivity index (χ4v) is 2.16. The molecule has 0 aliphatic rings. The van der Waals surface area contributed by atoms with E-state index in [2.05, 4.69) is 10.2 Å². The number of hydrogen-bond donors (Lipinski definition) is 3. The molecule has 102 valence electrons. The van der Waals surface area contributed by atoms with Gasteiger partial charge in [0.05, 0.1) is 0 Å². The molecule has 1 aromatic carbocycles. The van der Waals surface area contributed by atoms with Crippen LogP contribution in [0.4, 0.5) is 5.82 Å². The second kappa shape index (κ2) is 5.22. The number of aromatic nitrogens is 2. The first-order valence-corrected chi connectivity index (χ1v) is 6.34. The summed E-state index contributed by atoms with van der Waals surface area (Å²) < 4.78 is 5.53. The summed E-state index contributed by atoms with van der Waals surface area (Å²) in [4.78, 5) is 0. The lowest BCUT2D eigenvalue weighted by atomic mass is 10.0. The van der Waals surface area contributed by atoms with E-state index >= 15 is 0 Å². The summed E-state index contributed by atoms with van der Waals surface area (Å²) in [7, 11) is 0. The van der Waals surface area contributed by atoms with Crippen molar-refractivity contribution in [2.45, 2.75) is 13.0 Å². The third-order valence-electron chi connectivity index (χ3n) is 3.19. The molecule has 0 saturated carbocycles. The summed E-state index contributed by atoms with van der Waals surface area (Å²) in [6, 6.07) is 13.6. The van der Waals surface area contributed by atoms with Crippen molar-refractivity contribution in [3.63, 3.8) is 0 Å². The van der Waals surface area contributed by atoms with Crippen LogP contribution in [-0.2, 0) is 13.0 Å². The van der Waals surface area contributed by atoms with Gasteiger partial charge in [-0.1, -0.05) is 30.3 Å². The largest absolute Gasteiger partial charge is 0.457 e. The number of nitrogens with zero attached hydrogens (tertiary/aromatic N) is 1. The predicted octanol–water partition coefficient (Wildman–Crippen LogP) is 2.33. The van der Waals surface area contributed by atoms with Crippen molar-refractivity contribution in [2.24, 2.45) is 0 Å². The molecule has 3 aromatic rings. The Kier molecular flexibility index (Phi) is 3.26. The SMILES string of the molecule is Nc1n[nH]c(-c2ccc(CO)o2)c1Cc1ccccc1. The van der Waals surface area contributed by atoms with Gasteiger partial charge >= 0.3 is 0 Å². The second-order valence-electron chi connectivity index (χ2n) is 4.55. The number of benzene rings is 1. The standard InChI is InChI=1S/C15H15N3O2/c16-15-12(8-10-4-2-1-3-5-10)14(17-18-15)13-7-6-11(9-19)20-13/h1-7,19H,8-9H2,(H3,16,17,18). The Bertz CT molecular complexity index is 701. The number of nitrogens with two attached hydrogens (primary N) is 1. The number of furan rings is 1. The van der Waals surface area contributed by atoms with Crippen LogP contribution in [0, 0.1) is 0 Å². The Morgan fingerprint density at radius 1 is 1.15 bits per heavy atom. The van der Waals surface area contributed by atoms with Crippen LogP contribution in [0.15, 0.2) is 46.9 Å². The normalized spacial score (nSPS) is 10.8. The molecule has 20 heavy (non-hydrogen) atoms. The van der Waals surface area contributed by atoms with Gasteiger partial charge < -0.3 is 15.3 Å². The summed E-state index contributed by atoms with van der Waals surface area (Å²) in [6.07, 6.45) is 0.674. The Morgan fingerprint density at radius 3 is 2.65 bits per heavy atom. The van der Waals surface area contributed by atoms with Crippen LogP contribution >= 0.6 is 0 Å². The van der Waals surface area contributed by atoms with Crippen LogP contribution in [-0.4, -0.2) is 15.3 Å². The van der Waals surface area contributed by atoms with E-state index in [1.807, 2.05) is 30.3 Å². The maximum atomic E-state index is 9.06. The first-order valence-electron chi connectivity index (χ1n) is 6.34. The van der Waals surface area contributed by atoms with Crippen molar-refractivity contribution in [2.75, 3.05) is 5.73 Å². The molecule has 2 aromatic heterocycles. The zero-order valence-electron chi connectivity index (χ0n) is 10.8. The lowest BCUT2D eigenvalue weighted by Crippen LogP contribution is -1.94. The van der Waals surface area contributed by atoms with Crippen molar-refractivity contribution in [1.29, 1.82) is 0 Å².